The molecule has 2 aromatic rings. The molecule has 3 heteroatoms. The van der Waals surface area contributed by atoms with Crippen molar-refractivity contribution < 1.29 is 14.6 Å². The van der Waals surface area contributed by atoms with Crippen molar-refractivity contribution in [2.75, 3.05) is 13.7 Å². The van der Waals surface area contributed by atoms with Gasteiger partial charge in [0.1, 0.15) is 24.2 Å². The first-order chi connectivity index (χ1) is 9.63. The number of ether oxygens (including phenoxy) is 2. The Labute approximate surface area is 119 Å². The number of rotatable bonds is 5. The quantitative estimate of drug-likeness (QED) is 0.906. The van der Waals surface area contributed by atoms with Gasteiger partial charge in [0.25, 0.3) is 0 Å². The number of para-hydroxylation sites is 1. The second-order valence-electron chi connectivity index (χ2n) is 4.77. The van der Waals surface area contributed by atoms with Crippen LogP contribution in [0.5, 0.6) is 11.5 Å². The molecule has 2 aromatic carbocycles. The first kappa shape index (κ1) is 14.4. The van der Waals surface area contributed by atoms with E-state index in [-0.39, 0.29) is 6.61 Å². The highest BCUT2D eigenvalue weighted by Gasteiger charge is 2.14. The number of hydrogen-bond acceptors (Lipinski definition) is 3. The van der Waals surface area contributed by atoms with E-state index in [1.165, 1.54) is 5.56 Å². The van der Waals surface area contributed by atoms with Crippen molar-refractivity contribution in [2.45, 2.75) is 20.0 Å². The zero-order chi connectivity index (χ0) is 14.5. The van der Waals surface area contributed by atoms with Crippen LogP contribution < -0.4 is 9.47 Å². The molecular formula is C17H20O3. The van der Waals surface area contributed by atoms with Crippen LogP contribution in [0.25, 0.3) is 0 Å². The predicted molar refractivity (Wildman–Crippen MR) is 79.4 cm³/mol. The summed E-state index contributed by atoms with van der Waals surface area (Å²) in [5.41, 5.74) is 3.01. The molecule has 0 amide bonds. The van der Waals surface area contributed by atoms with Gasteiger partial charge >= 0.3 is 0 Å². The first-order valence-electron chi connectivity index (χ1n) is 6.63. The van der Waals surface area contributed by atoms with E-state index in [1.54, 1.807) is 7.11 Å². The largest absolute Gasteiger partial charge is 0.496 e. The number of hydrogen-bond donors (Lipinski definition) is 1. The van der Waals surface area contributed by atoms with Crippen LogP contribution in [0.2, 0.25) is 0 Å². The Morgan fingerprint density at radius 2 is 1.70 bits per heavy atom. The van der Waals surface area contributed by atoms with Gasteiger partial charge in [-0.25, -0.2) is 0 Å². The molecule has 0 aliphatic rings. The van der Waals surface area contributed by atoms with Gasteiger partial charge < -0.3 is 14.6 Å². The number of benzene rings is 2. The second-order valence-corrected chi connectivity index (χ2v) is 4.77. The number of aryl methyl sites for hydroxylation is 1. The van der Waals surface area contributed by atoms with Gasteiger partial charge in [-0.05, 0) is 37.1 Å². The van der Waals surface area contributed by atoms with Gasteiger partial charge in [0.2, 0.25) is 0 Å². The SMILES string of the molecule is COc1ccccc1C(O)COc1cccc(C)c1C. The van der Waals surface area contributed by atoms with Crippen LogP contribution in [0.3, 0.4) is 0 Å². The molecule has 0 radical (unpaired) electrons. The Kier molecular flexibility index (Phi) is 4.64. The third-order valence-corrected chi connectivity index (χ3v) is 3.45. The summed E-state index contributed by atoms with van der Waals surface area (Å²) in [5, 5.41) is 10.2. The van der Waals surface area contributed by atoms with Gasteiger partial charge in [-0.3, -0.25) is 0 Å². The molecule has 0 saturated carbocycles. The molecule has 0 spiro atoms. The van der Waals surface area contributed by atoms with Gasteiger partial charge in [-0.15, -0.1) is 0 Å². The molecule has 2 rings (SSSR count). The Hall–Kier alpha value is -2.00. The van der Waals surface area contributed by atoms with Gasteiger partial charge in [0.05, 0.1) is 7.11 Å². The third kappa shape index (κ3) is 3.11. The maximum atomic E-state index is 10.2. The molecule has 0 saturated heterocycles. The van der Waals surface area contributed by atoms with Crippen LogP contribution in [-0.2, 0) is 0 Å². The lowest BCUT2D eigenvalue weighted by atomic mass is 10.1. The van der Waals surface area contributed by atoms with Crippen LogP contribution in [0.15, 0.2) is 42.5 Å². The highest BCUT2D eigenvalue weighted by atomic mass is 16.5. The average molecular weight is 272 g/mol. The highest BCUT2D eigenvalue weighted by Crippen LogP contribution is 2.26. The standard InChI is InChI=1S/C17H20O3/c1-12-7-6-10-16(13(12)2)20-11-15(18)14-8-4-5-9-17(14)19-3/h4-10,15,18H,11H2,1-3H3. The lowest BCUT2D eigenvalue weighted by Gasteiger charge is -2.17. The van der Waals surface area contributed by atoms with Crippen LogP contribution in [0.1, 0.15) is 22.8 Å². The van der Waals surface area contributed by atoms with Gasteiger partial charge in [-0.2, -0.15) is 0 Å². The van der Waals surface area contributed by atoms with E-state index in [0.29, 0.717) is 5.75 Å². The summed E-state index contributed by atoms with van der Waals surface area (Å²) in [4.78, 5) is 0. The van der Waals surface area contributed by atoms with Crippen molar-refractivity contribution in [1.82, 2.24) is 0 Å². The minimum atomic E-state index is -0.717. The summed E-state index contributed by atoms with van der Waals surface area (Å²) < 4.78 is 11.0. The topological polar surface area (TPSA) is 38.7 Å². The molecule has 3 nitrogen and oxygen atoms in total. The number of aliphatic hydroxyl groups excluding tert-OH is 1. The van der Waals surface area contributed by atoms with Crippen molar-refractivity contribution in [3.8, 4) is 11.5 Å². The first-order valence-corrected chi connectivity index (χ1v) is 6.63. The van der Waals surface area contributed by atoms with E-state index < -0.39 is 6.10 Å². The van der Waals surface area contributed by atoms with Gasteiger partial charge in [0, 0.05) is 5.56 Å². The Balaban J connectivity index is 2.09. The van der Waals surface area contributed by atoms with Crippen LogP contribution >= 0.6 is 0 Å². The van der Waals surface area contributed by atoms with Crippen molar-refractivity contribution >= 4 is 0 Å². The normalized spacial score (nSPS) is 12.0. The van der Waals surface area contributed by atoms with Gasteiger partial charge in [-0.1, -0.05) is 30.3 Å². The maximum Gasteiger partial charge on any atom is 0.124 e. The zero-order valence-electron chi connectivity index (χ0n) is 12.1. The minimum Gasteiger partial charge on any atom is -0.496 e. The summed E-state index contributed by atoms with van der Waals surface area (Å²) in [6, 6.07) is 13.3. The van der Waals surface area contributed by atoms with E-state index in [1.807, 2.05) is 56.3 Å². The lowest BCUT2D eigenvalue weighted by molar-refractivity contribution is 0.105. The highest BCUT2D eigenvalue weighted by molar-refractivity contribution is 5.39. The lowest BCUT2D eigenvalue weighted by Crippen LogP contribution is -2.11. The Morgan fingerprint density at radius 3 is 2.45 bits per heavy atom. The fraction of sp³-hybridized carbons (Fsp3) is 0.294. The van der Waals surface area contributed by atoms with Crippen LogP contribution in [0.4, 0.5) is 0 Å². The molecule has 1 unspecified atom stereocenters. The predicted octanol–water partition coefficient (Wildman–Crippen LogP) is 3.42. The summed E-state index contributed by atoms with van der Waals surface area (Å²) in [6.07, 6.45) is -0.717. The summed E-state index contributed by atoms with van der Waals surface area (Å²) in [5.74, 6) is 1.48. The van der Waals surface area contributed by atoms with E-state index in [9.17, 15) is 5.11 Å². The molecule has 106 valence electrons. The van der Waals surface area contributed by atoms with Crippen LogP contribution in [0, 0.1) is 13.8 Å². The van der Waals surface area contributed by atoms with Crippen LogP contribution in [-0.4, -0.2) is 18.8 Å². The van der Waals surface area contributed by atoms with Crippen molar-refractivity contribution in [3.63, 3.8) is 0 Å². The number of aliphatic hydroxyl groups is 1. The zero-order valence-corrected chi connectivity index (χ0v) is 12.1. The van der Waals surface area contributed by atoms with E-state index in [0.717, 1.165) is 16.9 Å². The van der Waals surface area contributed by atoms with Gasteiger partial charge in [0.15, 0.2) is 0 Å². The Bertz CT molecular complexity index is 578. The second kappa shape index (κ2) is 6.44. The van der Waals surface area contributed by atoms with E-state index >= 15 is 0 Å². The Morgan fingerprint density at radius 1 is 1.00 bits per heavy atom. The fourth-order valence-corrected chi connectivity index (χ4v) is 2.08. The summed E-state index contributed by atoms with van der Waals surface area (Å²) in [7, 11) is 1.59. The number of methoxy groups -OCH3 is 1. The smallest absolute Gasteiger partial charge is 0.124 e. The molecule has 0 fully saturated rings. The molecule has 0 aliphatic heterocycles. The molecular weight excluding hydrogens is 252 g/mol. The molecule has 1 atom stereocenters. The third-order valence-electron chi connectivity index (χ3n) is 3.45. The monoisotopic (exact) mass is 272 g/mol. The van der Waals surface area contributed by atoms with E-state index in [4.69, 9.17) is 9.47 Å². The summed E-state index contributed by atoms with van der Waals surface area (Å²) >= 11 is 0. The van der Waals surface area contributed by atoms with Crippen molar-refractivity contribution in [1.29, 1.82) is 0 Å². The van der Waals surface area contributed by atoms with E-state index in [2.05, 4.69) is 0 Å². The maximum absolute atomic E-state index is 10.2. The fourth-order valence-electron chi connectivity index (χ4n) is 2.08. The molecule has 1 N–H and O–H groups in total. The molecule has 0 aromatic heterocycles. The molecule has 0 bridgehead atoms. The van der Waals surface area contributed by atoms with Crippen molar-refractivity contribution in [2.24, 2.45) is 0 Å². The minimum absolute atomic E-state index is 0.199. The average Bonchev–Trinajstić information content (AvgIpc) is 2.48. The molecule has 20 heavy (non-hydrogen) atoms. The molecule has 0 aliphatic carbocycles. The molecule has 0 heterocycles. The summed E-state index contributed by atoms with van der Waals surface area (Å²) in [6.45, 7) is 4.25. The van der Waals surface area contributed by atoms with Crippen molar-refractivity contribution in [3.05, 3.63) is 59.2 Å².